The molecule has 0 fully saturated rings. The lowest BCUT2D eigenvalue weighted by molar-refractivity contribution is -0.131. The summed E-state index contributed by atoms with van der Waals surface area (Å²) in [6.45, 7) is 0.863. The van der Waals surface area contributed by atoms with Gasteiger partial charge in [-0.15, -0.1) is 0 Å². The van der Waals surface area contributed by atoms with Crippen LogP contribution in [0.5, 0.6) is 0 Å². The van der Waals surface area contributed by atoms with E-state index in [2.05, 4.69) is 63.1 Å². The van der Waals surface area contributed by atoms with Crippen molar-refractivity contribution in [2.75, 3.05) is 18.5 Å². The van der Waals surface area contributed by atoms with E-state index in [4.69, 9.17) is 10.8 Å². The zero-order valence-corrected chi connectivity index (χ0v) is 25.3. The number of aliphatic hydroxyl groups excluding tert-OH is 1. The number of benzene rings is 2. The quantitative estimate of drug-likeness (QED) is 0.0682. The summed E-state index contributed by atoms with van der Waals surface area (Å²) in [6, 6.07) is 18.9. The molecule has 4 rings (SSSR count). The first-order chi connectivity index (χ1) is 21.0. The third kappa shape index (κ3) is 10.5. The highest BCUT2D eigenvalue weighted by Crippen LogP contribution is 2.33. The molecule has 8 heteroatoms. The molecule has 0 saturated heterocycles. The number of carbonyl (C=O) groups is 1. The van der Waals surface area contributed by atoms with Crippen LogP contribution in [-0.4, -0.2) is 52.4 Å². The zero-order valence-electron chi connectivity index (χ0n) is 25.3. The number of aliphatic carboxylic acids is 1. The molecule has 3 aromatic rings. The maximum absolute atomic E-state index is 12.0. The Morgan fingerprint density at radius 3 is 2.40 bits per heavy atom. The number of aromatic nitrogens is 1. The summed E-state index contributed by atoms with van der Waals surface area (Å²) in [5.74, 6) is 0.617. The Labute approximate surface area is 255 Å². The molecule has 43 heavy (non-hydrogen) atoms. The van der Waals surface area contributed by atoms with Crippen molar-refractivity contribution in [2.24, 2.45) is 10.7 Å². The fraction of sp³-hybridized carbons (Fsp3) is 0.486. The molecule has 1 aliphatic rings. The van der Waals surface area contributed by atoms with Crippen molar-refractivity contribution in [1.29, 1.82) is 0 Å². The number of aliphatic hydroxyl groups is 1. The van der Waals surface area contributed by atoms with Gasteiger partial charge >= 0.3 is 5.97 Å². The van der Waals surface area contributed by atoms with Crippen molar-refractivity contribution in [3.8, 4) is 0 Å². The number of nitrogens with two attached hydrogens (primary N) is 1. The van der Waals surface area contributed by atoms with Crippen molar-refractivity contribution in [3.63, 3.8) is 0 Å². The van der Waals surface area contributed by atoms with Gasteiger partial charge in [-0.25, -0.2) is 4.79 Å². The third-order valence-corrected chi connectivity index (χ3v) is 8.55. The van der Waals surface area contributed by atoms with E-state index < -0.39 is 5.97 Å². The second-order valence-corrected chi connectivity index (χ2v) is 11.7. The van der Waals surface area contributed by atoms with Crippen LogP contribution in [0, 0.1) is 0 Å². The van der Waals surface area contributed by atoms with Crippen molar-refractivity contribution in [3.05, 3.63) is 78.0 Å². The molecule has 0 saturated carbocycles. The van der Waals surface area contributed by atoms with Crippen molar-refractivity contribution in [2.45, 2.75) is 95.1 Å². The first-order valence-corrected chi connectivity index (χ1v) is 16.0. The molecule has 1 aromatic heterocycles. The first-order valence-electron chi connectivity index (χ1n) is 16.0. The number of carboxylic acids is 1. The minimum atomic E-state index is -0.960. The summed E-state index contributed by atoms with van der Waals surface area (Å²) >= 11 is 0. The standard InChI is InChI=1S/C35H49N5O3/c36-35-38-22-20-32(40-35)30(25-34(42)43)31(39-33-15-11-21-37-33)19-18-27(12-7-5-3-1-2-4-6-10-23-41)29-17-16-26-13-8-9-14-28(26)24-29/h8-9,11,13-17,21,24-25,27,31-32,37,39,41H,1-7,10,12,18-20,22-23H2,(H,42,43)(H3,36,38,40)/b30-25-/t27-,31-,32+/m0/s1. The van der Waals surface area contributed by atoms with Crippen LogP contribution < -0.4 is 16.4 Å². The molecular weight excluding hydrogens is 538 g/mol. The molecule has 1 aliphatic heterocycles. The maximum atomic E-state index is 12.0. The number of fused-ring (bicyclic) bond motifs is 1. The van der Waals surface area contributed by atoms with Gasteiger partial charge in [0.2, 0.25) is 0 Å². The Morgan fingerprint density at radius 2 is 1.70 bits per heavy atom. The number of carboxylic acid groups (broad SMARTS) is 1. The Morgan fingerprint density at radius 1 is 0.953 bits per heavy atom. The highest BCUT2D eigenvalue weighted by molar-refractivity contribution is 5.84. The van der Waals surface area contributed by atoms with Gasteiger partial charge < -0.3 is 31.6 Å². The number of aromatic amines is 1. The van der Waals surface area contributed by atoms with Crippen LogP contribution >= 0.6 is 0 Å². The molecule has 0 unspecified atom stereocenters. The topological polar surface area (TPSA) is 136 Å². The number of anilines is 1. The van der Waals surface area contributed by atoms with Gasteiger partial charge in [-0.05, 0) is 72.1 Å². The predicted molar refractivity (Wildman–Crippen MR) is 177 cm³/mol. The van der Waals surface area contributed by atoms with E-state index in [0.29, 0.717) is 31.4 Å². The minimum Gasteiger partial charge on any atom is -0.478 e. The number of H-pyrrole nitrogens is 1. The number of nitrogens with one attached hydrogen (secondary N) is 3. The Kier molecular flexibility index (Phi) is 13.0. The van der Waals surface area contributed by atoms with Gasteiger partial charge in [0.15, 0.2) is 5.96 Å². The molecule has 3 atom stereocenters. The van der Waals surface area contributed by atoms with Crippen molar-refractivity contribution < 1.29 is 15.0 Å². The molecule has 0 bridgehead atoms. The molecule has 8 nitrogen and oxygen atoms in total. The molecular formula is C35H49N5O3. The van der Waals surface area contributed by atoms with Crippen LogP contribution in [0.2, 0.25) is 0 Å². The van der Waals surface area contributed by atoms with Crippen LogP contribution in [0.1, 0.15) is 88.5 Å². The van der Waals surface area contributed by atoms with Gasteiger partial charge in [-0.1, -0.05) is 87.4 Å². The lowest BCUT2D eigenvalue weighted by Crippen LogP contribution is -2.48. The van der Waals surface area contributed by atoms with Crippen LogP contribution in [0.25, 0.3) is 10.8 Å². The van der Waals surface area contributed by atoms with E-state index >= 15 is 0 Å². The van der Waals surface area contributed by atoms with Gasteiger partial charge in [0, 0.05) is 25.4 Å². The highest BCUT2D eigenvalue weighted by atomic mass is 16.4. The van der Waals surface area contributed by atoms with E-state index in [0.717, 1.165) is 49.9 Å². The number of nitrogens with zero attached hydrogens (tertiary/aromatic N) is 1. The van der Waals surface area contributed by atoms with Crippen molar-refractivity contribution >= 4 is 28.5 Å². The number of hydrogen-bond acceptors (Lipinski definition) is 6. The lowest BCUT2D eigenvalue weighted by atomic mass is 9.84. The molecule has 0 spiro atoms. The van der Waals surface area contributed by atoms with Gasteiger partial charge in [0.05, 0.1) is 12.1 Å². The van der Waals surface area contributed by atoms with Gasteiger partial charge in [-0.2, -0.15) is 0 Å². The molecule has 2 heterocycles. The number of unbranched alkanes of at least 4 members (excludes halogenated alkanes) is 7. The van der Waals surface area contributed by atoms with E-state index in [-0.39, 0.29) is 12.1 Å². The van der Waals surface area contributed by atoms with E-state index in [1.807, 2.05) is 18.3 Å². The predicted octanol–water partition coefficient (Wildman–Crippen LogP) is 6.70. The van der Waals surface area contributed by atoms with Gasteiger partial charge in [0.25, 0.3) is 0 Å². The van der Waals surface area contributed by atoms with Crippen LogP contribution in [0.15, 0.2) is 77.4 Å². The summed E-state index contributed by atoms with van der Waals surface area (Å²) in [4.78, 5) is 19.5. The van der Waals surface area contributed by atoms with E-state index in [1.165, 1.54) is 54.5 Å². The van der Waals surface area contributed by atoms with Gasteiger partial charge in [0.1, 0.15) is 5.82 Å². The van der Waals surface area contributed by atoms with E-state index in [9.17, 15) is 9.90 Å². The lowest BCUT2D eigenvalue weighted by Gasteiger charge is -2.32. The monoisotopic (exact) mass is 587 g/mol. The smallest absolute Gasteiger partial charge is 0.328 e. The zero-order chi connectivity index (χ0) is 30.3. The van der Waals surface area contributed by atoms with Gasteiger partial charge in [-0.3, -0.25) is 4.99 Å². The molecule has 0 amide bonds. The SMILES string of the molecule is NC1=NCC[C@H](/C(=C\C(=O)O)[C@H](CC[C@H](CCCCCCCCCCO)c2ccc3ccccc3c2)Nc2ccc[nH]2)N1. The summed E-state index contributed by atoms with van der Waals surface area (Å²) in [7, 11) is 0. The molecule has 232 valence electrons. The number of aliphatic imine (C=N–C) groups is 1. The summed E-state index contributed by atoms with van der Waals surface area (Å²) in [5, 5.41) is 28.1. The van der Waals surface area contributed by atoms with Crippen LogP contribution in [0.4, 0.5) is 5.82 Å². The van der Waals surface area contributed by atoms with Crippen molar-refractivity contribution in [1.82, 2.24) is 10.3 Å². The second kappa shape index (κ2) is 17.4. The highest BCUT2D eigenvalue weighted by Gasteiger charge is 2.27. The second-order valence-electron chi connectivity index (χ2n) is 11.7. The fourth-order valence-corrected chi connectivity index (χ4v) is 6.25. The Hall–Kier alpha value is -3.78. The number of rotatable bonds is 19. The molecule has 2 aromatic carbocycles. The maximum Gasteiger partial charge on any atom is 0.328 e. The molecule has 0 aliphatic carbocycles. The molecule has 0 radical (unpaired) electrons. The Balaban J connectivity index is 1.49. The summed E-state index contributed by atoms with van der Waals surface area (Å²) < 4.78 is 0. The van der Waals surface area contributed by atoms with E-state index in [1.54, 1.807) is 0 Å². The Bertz CT molecular complexity index is 1320. The van der Waals surface area contributed by atoms with Crippen LogP contribution in [0.3, 0.4) is 0 Å². The fourth-order valence-electron chi connectivity index (χ4n) is 6.25. The number of hydrogen-bond donors (Lipinski definition) is 6. The number of guanidine groups is 1. The average Bonchev–Trinajstić information content (AvgIpc) is 3.53. The third-order valence-electron chi connectivity index (χ3n) is 8.55. The minimum absolute atomic E-state index is 0.194. The molecule has 7 N–H and O–H groups in total. The first kappa shape index (κ1) is 32.1. The summed E-state index contributed by atoms with van der Waals surface area (Å²) in [6.07, 6.45) is 16.0. The summed E-state index contributed by atoms with van der Waals surface area (Å²) in [5.41, 5.74) is 8.16. The van der Waals surface area contributed by atoms with Crippen LogP contribution in [-0.2, 0) is 4.79 Å². The largest absolute Gasteiger partial charge is 0.478 e. The average molecular weight is 588 g/mol. The normalized spacial score (nSPS) is 16.8.